The fourth-order valence-corrected chi connectivity index (χ4v) is 2.25. The lowest BCUT2D eigenvalue weighted by Gasteiger charge is -2.08. The number of rotatable bonds is 9. The number of carbonyl (C=O) groups is 1. The van der Waals surface area contributed by atoms with E-state index in [0.29, 0.717) is 36.7 Å². The zero-order valence-electron chi connectivity index (χ0n) is 13.9. The highest BCUT2D eigenvalue weighted by Gasteiger charge is 2.08. The second-order valence-corrected chi connectivity index (χ2v) is 5.50. The van der Waals surface area contributed by atoms with Crippen LogP contribution in [0.2, 0.25) is 0 Å². The van der Waals surface area contributed by atoms with Gasteiger partial charge in [0, 0.05) is 19.3 Å². The minimum absolute atomic E-state index is 0.203. The van der Waals surface area contributed by atoms with Crippen LogP contribution in [0.1, 0.15) is 42.2 Å². The summed E-state index contributed by atoms with van der Waals surface area (Å²) in [5.74, 6) is -0.0568. The number of amides is 1. The second-order valence-electron chi connectivity index (χ2n) is 5.50. The lowest BCUT2D eigenvalue weighted by molar-refractivity contribution is 0.0948. The van der Waals surface area contributed by atoms with Crippen LogP contribution in [0.5, 0.6) is 0 Å². The Kier molecular flexibility index (Phi) is 7.14. The number of nitrogens with zero attached hydrogens (tertiary/aromatic N) is 2. The predicted octanol–water partition coefficient (Wildman–Crippen LogP) is 3.19. The predicted molar refractivity (Wildman–Crippen MR) is 92.5 cm³/mol. The number of nitrogens with one attached hydrogen (secondary N) is 2. The van der Waals surface area contributed by atoms with E-state index in [1.807, 2.05) is 0 Å². The summed E-state index contributed by atoms with van der Waals surface area (Å²) in [6.07, 6.45) is 5.22. The fraction of sp³-hybridized carbons (Fsp3) is 0.389. The zero-order chi connectivity index (χ0) is 17.2. The molecule has 128 valence electrons. The van der Waals surface area contributed by atoms with E-state index in [1.165, 1.54) is 6.07 Å². The van der Waals surface area contributed by atoms with Crippen molar-refractivity contribution in [3.8, 4) is 0 Å². The van der Waals surface area contributed by atoms with Crippen LogP contribution in [-0.2, 0) is 6.42 Å². The Balaban J connectivity index is 1.84. The second kappa shape index (κ2) is 9.60. The third-order valence-corrected chi connectivity index (χ3v) is 3.59. The molecule has 6 heteroatoms. The van der Waals surface area contributed by atoms with Crippen LogP contribution in [0.25, 0.3) is 0 Å². The molecule has 0 saturated heterocycles. The number of anilines is 1. The first kappa shape index (κ1) is 17.8. The van der Waals surface area contributed by atoms with Crippen LogP contribution in [-0.4, -0.2) is 29.0 Å². The summed E-state index contributed by atoms with van der Waals surface area (Å²) in [5.41, 5.74) is 0.963. The summed E-state index contributed by atoms with van der Waals surface area (Å²) >= 11 is 0. The number of benzene rings is 1. The molecule has 0 radical (unpaired) electrons. The number of aromatic nitrogens is 2. The normalized spacial score (nSPS) is 10.4. The van der Waals surface area contributed by atoms with Crippen LogP contribution in [0.15, 0.2) is 36.5 Å². The van der Waals surface area contributed by atoms with Crippen LogP contribution >= 0.6 is 0 Å². The summed E-state index contributed by atoms with van der Waals surface area (Å²) in [6.45, 7) is 3.25. The van der Waals surface area contributed by atoms with Gasteiger partial charge in [0.2, 0.25) is 5.95 Å². The van der Waals surface area contributed by atoms with Crippen molar-refractivity contribution in [1.29, 1.82) is 0 Å². The molecule has 1 aromatic heterocycles. The first-order valence-electron chi connectivity index (χ1n) is 8.29. The molecule has 2 N–H and O–H groups in total. The van der Waals surface area contributed by atoms with Gasteiger partial charge in [0.05, 0.1) is 0 Å². The largest absolute Gasteiger partial charge is 0.354 e. The van der Waals surface area contributed by atoms with Gasteiger partial charge in [-0.3, -0.25) is 4.79 Å². The van der Waals surface area contributed by atoms with Crippen molar-refractivity contribution in [2.45, 2.75) is 32.6 Å². The third kappa shape index (κ3) is 5.61. The van der Waals surface area contributed by atoms with Gasteiger partial charge in [-0.05, 0) is 30.5 Å². The van der Waals surface area contributed by atoms with Gasteiger partial charge in [0.1, 0.15) is 11.5 Å². The Morgan fingerprint density at radius 2 is 2.00 bits per heavy atom. The van der Waals surface area contributed by atoms with E-state index >= 15 is 0 Å². The van der Waals surface area contributed by atoms with Gasteiger partial charge in [0.15, 0.2) is 0 Å². The average Bonchev–Trinajstić information content (AvgIpc) is 2.60. The average molecular weight is 330 g/mol. The molecule has 1 aromatic carbocycles. The topological polar surface area (TPSA) is 66.9 Å². The molecule has 0 unspecified atom stereocenters. The van der Waals surface area contributed by atoms with E-state index in [-0.39, 0.29) is 11.7 Å². The molecule has 2 rings (SSSR count). The first-order valence-corrected chi connectivity index (χ1v) is 8.29. The first-order chi connectivity index (χ1) is 11.7. The molecule has 1 heterocycles. The monoisotopic (exact) mass is 330 g/mol. The lowest BCUT2D eigenvalue weighted by atomic mass is 10.1. The summed E-state index contributed by atoms with van der Waals surface area (Å²) < 4.78 is 13.5. The van der Waals surface area contributed by atoms with Gasteiger partial charge in [0.25, 0.3) is 5.91 Å². The number of halogens is 1. The third-order valence-electron chi connectivity index (χ3n) is 3.59. The van der Waals surface area contributed by atoms with Crippen molar-refractivity contribution in [3.05, 3.63) is 53.6 Å². The number of hydrogen-bond donors (Lipinski definition) is 2. The van der Waals surface area contributed by atoms with Crippen LogP contribution < -0.4 is 10.6 Å². The van der Waals surface area contributed by atoms with Gasteiger partial charge in [-0.15, -0.1) is 0 Å². The Labute approximate surface area is 141 Å². The molecule has 0 atom stereocenters. The highest BCUT2D eigenvalue weighted by molar-refractivity contribution is 5.92. The van der Waals surface area contributed by atoms with Crippen molar-refractivity contribution >= 4 is 11.9 Å². The SMILES string of the molecule is CCCCCNC(=O)c1ccnc(NCCc2ccccc2F)n1. The van der Waals surface area contributed by atoms with Crippen LogP contribution in [0.4, 0.5) is 10.3 Å². The molecule has 0 bridgehead atoms. The summed E-state index contributed by atoms with van der Waals surface area (Å²) in [6, 6.07) is 8.24. The maximum atomic E-state index is 13.5. The van der Waals surface area contributed by atoms with E-state index in [1.54, 1.807) is 30.5 Å². The molecule has 0 spiro atoms. The number of hydrogen-bond acceptors (Lipinski definition) is 4. The molecular formula is C18H23FN4O. The van der Waals surface area contributed by atoms with Crippen molar-refractivity contribution < 1.29 is 9.18 Å². The van der Waals surface area contributed by atoms with Crippen molar-refractivity contribution in [2.75, 3.05) is 18.4 Å². The molecule has 5 nitrogen and oxygen atoms in total. The molecule has 1 amide bonds. The van der Waals surface area contributed by atoms with Gasteiger partial charge in [-0.2, -0.15) is 0 Å². The molecule has 0 aliphatic rings. The molecule has 0 aliphatic heterocycles. The van der Waals surface area contributed by atoms with E-state index in [9.17, 15) is 9.18 Å². The van der Waals surface area contributed by atoms with Crippen LogP contribution in [0.3, 0.4) is 0 Å². The van der Waals surface area contributed by atoms with Crippen molar-refractivity contribution in [3.63, 3.8) is 0 Å². The molecule has 0 fully saturated rings. The lowest BCUT2D eigenvalue weighted by Crippen LogP contribution is -2.25. The summed E-state index contributed by atoms with van der Waals surface area (Å²) in [4.78, 5) is 20.3. The maximum absolute atomic E-state index is 13.5. The highest BCUT2D eigenvalue weighted by atomic mass is 19.1. The van der Waals surface area contributed by atoms with Crippen LogP contribution in [0, 0.1) is 5.82 Å². The number of unbranched alkanes of at least 4 members (excludes halogenated alkanes) is 2. The van der Waals surface area contributed by atoms with Crippen molar-refractivity contribution in [2.24, 2.45) is 0 Å². The quantitative estimate of drug-likeness (QED) is 0.693. The Bertz CT molecular complexity index is 663. The summed E-state index contributed by atoms with van der Waals surface area (Å²) in [7, 11) is 0. The van der Waals surface area contributed by atoms with Gasteiger partial charge in [-0.25, -0.2) is 14.4 Å². The molecule has 2 aromatic rings. The zero-order valence-corrected chi connectivity index (χ0v) is 13.9. The maximum Gasteiger partial charge on any atom is 0.270 e. The van der Waals surface area contributed by atoms with E-state index < -0.39 is 0 Å². The molecule has 24 heavy (non-hydrogen) atoms. The minimum atomic E-state index is -0.222. The van der Waals surface area contributed by atoms with Crippen molar-refractivity contribution in [1.82, 2.24) is 15.3 Å². The Morgan fingerprint density at radius 3 is 2.79 bits per heavy atom. The molecular weight excluding hydrogens is 307 g/mol. The number of carbonyl (C=O) groups excluding carboxylic acids is 1. The molecule has 0 saturated carbocycles. The van der Waals surface area contributed by atoms with Gasteiger partial charge < -0.3 is 10.6 Å². The van der Waals surface area contributed by atoms with E-state index in [4.69, 9.17) is 0 Å². The minimum Gasteiger partial charge on any atom is -0.354 e. The van der Waals surface area contributed by atoms with Gasteiger partial charge in [-0.1, -0.05) is 38.0 Å². The Morgan fingerprint density at radius 1 is 1.17 bits per heavy atom. The van der Waals surface area contributed by atoms with Gasteiger partial charge >= 0.3 is 0 Å². The van der Waals surface area contributed by atoms with E-state index in [2.05, 4.69) is 27.5 Å². The van der Waals surface area contributed by atoms with E-state index in [0.717, 1.165) is 19.3 Å². The fourth-order valence-electron chi connectivity index (χ4n) is 2.25. The highest BCUT2D eigenvalue weighted by Crippen LogP contribution is 2.07. The standard InChI is InChI=1S/C18H23FN4O/c1-2-3-6-11-20-17(24)16-10-13-22-18(23-16)21-12-9-14-7-4-5-8-15(14)19/h4-5,7-8,10,13H,2-3,6,9,11-12H2,1H3,(H,20,24)(H,21,22,23). The summed E-state index contributed by atoms with van der Waals surface area (Å²) in [5, 5.41) is 5.87. The smallest absolute Gasteiger partial charge is 0.270 e. The Hall–Kier alpha value is -2.50. The molecule has 0 aliphatic carbocycles.